The number of piperidine rings is 1. The molecule has 1 aliphatic heterocycles. The van der Waals surface area contributed by atoms with Crippen molar-refractivity contribution in [2.45, 2.75) is 39.3 Å². The third kappa shape index (κ3) is 3.33. The molecule has 1 aliphatic rings. The average Bonchev–Trinajstić information content (AvgIpc) is 2.78. The second-order valence-electron chi connectivity index (χ2n) is 5.03. The highest BCUT2D eigenvalue weighted by atomic mass is 16.3. The molecule has 0 radical (unpaired) electrons. The summed E-state index contributed by atoms with van der Waals surface area (Å²) < 4.78 is 5.59. The minimum Gasteiger partial charge on any atom is -0.468 e. The van der Waals surface area contributed by atoms with Crippen molar-refractivity contribution in [2.75, 3.05) is 20.1 Å². The summed E-state index contributed by atoms with van der Waals surface area (Å²) in [5.41, 5.74) is 1.30. The lowest BCUT2D eigenvalue weighted by Crippen LogP contribution is -2.33. The van der Waals surface area contributed by atoms with Crippen LogP contribution >= 0.6 is 0 Å². The fourth-order valence-electron chi connectivity index (χ4n) is 2.61. The summed E-state index contributed by atoms with van der Waals surface area (Å²) in [5, 5.41) is 3.19. The van der Waals surface area contributed by atoms with Gasteiger partial charge in [-0.15, -0.1) is 0 Å². The fourth-order valence-corrected chi connectivity index (χ4v) is 2.61. The molecular formula is C14H24N2O. The summed E-state index contributed by atoms with van der Waals surface area (Å²) in [6.07, 6.45) is 5.83. The second-order valence-corrected chi connectivity index (χ2v) is 5.03. The van der Waals surface area contributed by atoms with Crippen LogP contribution in [0.5, 0.6) is 0 Å². The van der Waals surface area contributed by atoms with Crippen LogP contribution in [0.3, 0.4) is 0 Å². The van der Waals surface area contributed by atoms with Crippen LogP contribution in [0.25, 0.3) is 0 Å². The van der Waals surface area contributed by atoms with E-state index < -0.39 is 0 Å². The molecular weight excluding hydrogens is 212 g/mol. The van der Waals surface area contributed by atoms with Gasteiger partial charge in [-0.25, -0.2) is 0 Å². The molecule has 0 unspecified atom stereocenters. The molecule has 2 heterocycles. The summed E-state index contributed by atoms with van der Waals surface area (Å²) in [6, 6.07) is 2.07. The highest BCUT2D eigenvalue weighted by molar-refractivity contribution is 5.16. The van der Waals surface area contributed by atoms with Crippen LogP contribution in [0.15, 0.2) is 16.7 Å². The second kappa shape index (κ2) is 6.22. The lowest BCUT2D eigenvalue weighted by atomic mass is 9.94. The molecule has 3 heteroatoms. The molecule has 1 saturated heterocycles. The van der Waals surface area contributed by atoms with Crippen molar-refractivity contribution in [1.29, 1.82) is 0 Å². The lowest BCUT2D eigenvalue weighted by molar-refractivity contribution is 0.164. The standard InChI is InChI=1S/C14H24N2O/c1-3-12-4-7-16(8-5-12)11-14-13(10-15-2)6-9-17-14/h6,9,12,15H,3-5,7-8,10-11H2,1-2H3. The zero-order valence-corrected chi connectivity index (χ0v) is 11.0. The summed E-state index contributed by atoms with van der Waals surface area (Å²) in [5.74, 6) is 2.08. The van der Waals surface area contributed by atoms with Crippen molar-refractivity contribution in [3.05, 3.63) is 23.7 Å². The normalized spacial score (nSPS) is 18.7. The fraction of sp³-hybridized carbons (Fsp3) is 0.714. The molecule has 0 spiro atoms. The summed E-state index contributed by atoms with van der Waals surface area (Å²) in [4.78, 5) is 2.52. The summed E-state index contributed by atoms with van der Waals surface area (Å²) in [6.45, 7) is 6.62. The Morgan fingerprint density at radius 1 is 1.41 bits per heavy atom. The smallest absolute Gasteiger partial charge is 0.122 e. The predicted molar refractivity (Wildman–Crippen MR) is 69.8 cm³/mol. The molecule has 1 N–H and O–H groups in total. The van der Waals surface area contributed by atoms with Crippen molar-refractivity contribution in [2.24, 2.45) is 5.92 Å². The maximum atomic E-state index is 5.59. The van der Waals surface area contributed by atoms with Crippen molar-refractivity contribution in [1.82, 2.24) is 10.2 Å². The number of furan rings is 1. The minimum atomic E-state index is 0.900. The Morgan fingerprint density at radius 2 is 2.18 bits per heavy atom. The Labute approximate surface area is 104 Å². The summed E-state index contributed by atoms with van der Waals surface area (Å²) >= 11 is 0. The largest absolute Gasteiger partial charge is 0.468 e. The molecule has 3 nitrogen and oxygen atoms in total. The number of nitrogens with one attached hydrogen (secondary N) is 1. The van der Waals surface area contributed by atoms with Gasteiger partial charge in [0.15, 0.2) is 0 Å². The van der Waals surface area contributed by atoms with E-state index in [1.807, 2.05) is 7.05 Å². The zero-order chi connectivity index (χ0) is 12.1. The Balaban J connectivity index is 1.86. The zero-order valence-electron chi connectivity index (χ0n) is 11.0. The molecule has 0 bridgehead atoms. The van der Waals surface area contributed by atoms with Gasteiger partial charge in [-0.2, -0.15) is 0 Å². The maximum absolute atomic E-state index is 5.59. The lowest BCUT2D eigenvalue weighted by Gasteiger charge is -2.30. The van der Waals surface area contributed by atoms with Crippen LogP contribution < -0.4 is 5.32 Å². The Kier molecular flexibility index (Phi) is 4.63. The molecule has 96 valence electrons. The van der Waals surface area contributed by atoms with Gasteiger partial charge in [0.2, 0.25) is 0 Å². The minimum absolute atomic E-state index is 0.900. The van der Waals surface area contributed by atoms with Crippen molar-refractivity contribution in [3.63, 3.8) is 0 Å². The number of hydrogen-bond donors (Lipinski definition) is 1. The van der Waals surface area contributed by atoms with Crippen LogP contribution in [0.4, 0.5) is 0 Å². The molecule has 0 saturated carbocycles. The van der Waals surface area contributed by atoms with Crippen LogP contribution in [-0.4, -0.2) is 25.0 Å². The van der Waals surface area contributed by atoms with E-state index in [1.165, 1.54) is 37.9 Å². The molecule has 0 amide bonds. The third-order valence-electron chi connectivity index (χ3n) is 3.86. The van der Waals surface area contributed by atoms with Crippen LogP contribution in [0, 0.1) is 5.92 Å². The highest BCUT2D eigenvalue weighted by Crippen LogP contribution is 2.22. The van der Waals surface area contributed by atoms with E-state index >= 15 is 0 Å². The molecule has 0 atom stereocenters. The van der Waals surface area contributed by atoms with Gasteiger partial charge in [-0.1, -0.05) is 13.3 Å². The van der Waals surface area contributed by atoms with E-state index in [1.54, 1.807) is 6.26 Å². The van der Waals surface area contributed by atoms with Gasteiger partial charge in [0.25, 0.3) is 0 Å². The van der Waals surface area contributed by atoms with Crippen LogP contribution in [-0.2, 0) is 13.1 Å². The molecule has 1 aromatic heterocycles. The SMILES string of the molecule is CCC1CCN(Cc2occc2CNC)CC1. The number of nitrogens with zero attached hydrogens (tertiary/aromatic N) is 1. The van der Waals surface area contributed by atoms with Crippen molar-refractivity contribution >= 4 is 0 Å². The maximum Gasteiger partial charge on any atom is 0.122 e. The van der Waals surface area contributed by atoms with Crippen molar-refractivity contribution < 1.29 is 4.42 Å². The molecule has 2 rings (SSSR count). The summed E-state index contributed by atoms with van der Waals surface area (Å²) in [7, 11) is 1.98. The molecule has 1 aromatic rings. The molecule has 0 aliphatic carbocycles. The van der Waals surface area contributed by atoms with Gasteiger partial charge in [0.1, 0.15) is 5.76 Å². The Hall–Kier alpha value is -0.800. The number of rotatable bonds is 5. The van der Waals surface area contributed by atoms with Gasteiger partial charge >= 0.3 is 0 Å². The van der Waals surface area contributed by atoms with Gasteiger partial charge < -0.3 is 9.73 Å². The highest BCUT2D eigenvalue weighted by Gasteiger charge is 2.19. The van der Waals surface area contributed by atoms with E-state index in [0.29, 0.717) is 0 Å². The Bertz CT molecular complexity index is 327. The van der Waals surface area contributed by atoms with Crippen LogP contribution in [0.2, 0.25) is 0 Å². The van der Waals surface area contributed by atoms with E-state index in [-0.39, 0.29) is 0 Å². The third-order valence-corrected chi connectivity index (χ3v) is 3.86. The van der Waals surface area contributed by atoms with E-state index in [2.05, 4.69) is 23.2 Å². The first-order valence-corrected chi connectivity index (χ1v) is 6.75. The van der Waals surface area contributed by atoms with E-state index in [4.69, 9.17) is 4.42 Å². The average molecular weight is 236 g/mol. The molecule has 1 fully saturated rings. The van der Waals surface area contributed by atoms with Gasteiger partial charge in [-0.05, 0) is 45.0 Å². The quantitative estimate of drug-likeness (QED) is 0.852. The molecule has 0 aromatic carbocycles. The van der Waals surface area contributed by atoms with E-state index in [0.717, 1.165) is 24.8 Å². The Morgan fingerprint density at radius 3 is 2.82 bits per heavy atom. The number of hydrogen-bond acceptors (Lipinski definition) is 3. The topological polar surface area (TPSA) is 28.4 Å². The van der Waals surface area contributed by atoms with Gasteiger partial charge in [-0.3, -0.25) is 4.90 Å². The predicted octanol–water partition coefficient (Wildman–Crippen LogP) is 2.62. The van der Waals surface area contributed by atoms with Gasteiger partial charge in [0.05, 0.1) is 12.8 Å². The first-order chi connectivity index (χ1) is 8.33. The van der Waals surface area contributed by atoms with Crippen LogP contribution in [0.1, 0.15) is 37.5 Å². The van der Waals surface area contributed by atoms with E-state index in [9.17, 15) is 0 Å². The van der Waals surface area contributed by atoms with Crippen molar-refractivity contribution in [3.8, 4) is 0 Å². The number of likely N-dealkylation sites (tertiary alicyclic amines) is 1. The monoisotopic (exact) mass is 236 g/mol. The molecule has 17 heavy (non-hydrogen) atoms. The first-order valence-electron chi connectivity index (χ1n) is 6.75. The van der Waals surface area contributed by atoms with Gasteiger partial charge in [0, 0.05) is 12.1 Å². The first kappa shape index (κ1) is 12.7.